The Bertz CT molecular complexity index is 1110. The number of aromatic nitrogens is 4. The topological polar surface area (TPSA) is 95.1 Å². The van der Waals surface area contributed by atoms with E-state index in [1.54, 1.807) is 31.8 Å². The number of anilines is 1. The molecule has 0 unspecified atom stereocenters. The van der Waals surface area contributed by atoms with Crippen LogP contribution in [-0.4, -0.2) is 38.5 Å². The van der Waals surface area contributed by atoms with Gasteiger partial charge >= 0.3 is 0 Å². The molecule has 152 valence electrons. The van der Waals surface area contributed by atoms with E-state index in [1.165, 1.54) is 11.8 Å². The number of amides is 1. The average molecular weight is 421 g/mol. The van der Waals surface area contributed by atoms with Crippen LogP contribution in [0.5, 0.6) is 5.75 Å². The van der Waals surface area contributed by atoms with E-state index in [2.05, 4.69) is 20.5 Å². The van der Waals surface area contributed by atoms with E-state index in [9.17, 15) is 4.79 Å². The van der Waals surface area contributed by atoms with Crippen molar-refractivity contribution in [3.05, 3.63) is 72.9 Å². The Morgan fingerprint density at radius 1 is 1.20 bits per heavy atom. The van der Waals surface area contributed by atoms with E-state index in [1.807, 2.05) is 47.0 Å². The van der Waals surface area contributed by atoms with Gasteiger partial charge in [0.15, 0.2) is 11.0 Å². The van der Waals surface area contributed by atoms with E-state index < -0.39 is 0 Å². The minimum atomic E-state index is -0.149. The van der Waals surface area contributed by atoms with Crippen molar-refractivity contribution < 1.29 is 13.9 Å². The van der Waals surface area contributed by atoms with Crippen LogP contribution in [0.15, 0.2) is 76.8 Å². The SMILES string of the molecule is COc1cccc(NC(=O)CSc2nnc(-c3cccnc3)n2Cc2ccco2)c1. The first-order valence-electron chi connectivity index (χ1n) is 9.15. The number of thioether (sulfide) groups is 1. The standard InChI is InChI=1S/C21H19N5O3S/c1-28-17-7-2-6-16(11-17)23-19(27)14-30-21-25-24-20(15-5-3-9-22-12-15)26(21)13-18-8-4-10-29-18/h2-12H,13-14H2,1H3,(H,23,27). The number of ether oxygens (including phenoxy) is 1. The maximum Gasteiger partial charge on any atom is 0.234 e. The molecule has 30 heavy (non-hydrogen) atoms. The van der Waals surface area contributed by atoms with E-state index >= 15 is 0 Å². The minimum absolute atomic E-state index is 0.149. The third kappa shape index (κ3) is 4.69. The normalized spacial score (nSPS) is 10.7. The van der Waals surface area contributed by atoms with Crippen molar-refractivity contribution in [1.82, 2.24) is 19.7 Å². The van der Waals surface area contributed by atoms with Gasteiger partial charge in [0, 0.05) is 29.7 Å². The summed E-state index contributed by atoms with van der Waals surface area (Å²) in [6.45, 7) is 0.448. The third-order valence-corrected chi connectivity index (χ3v) is 5.18. The summed E-state index contributed by atoms with van der Waals surface area (Å²) >= 11 is 1.31. The summed E-state index contributed by atoms with van der Waals surface area (Å²) in [5.74, 6) is 2.14. The number of carbonyl (C=O) groups is 1. The molecule has 0 bridgehead atoms. The molecule has 1 aromatic carbocycles. The highest BCUT2D eigenvalue weighted by atomic mass is 32.2. The molecule has 3 aromatic heterocycles. The molecule has 0 aliphatic rings. The van der Waals surface area contributed by atoms with Gasteiger partial charge < -0.3 is 14.5 Å². The summed E-state index contributed by atoms with van der Waals surface area (Å²) in [5.41, 5.74) is 1.51. The molecule has 0 aliphatic carbocycles. The lowest BCUT2D eigenvalue weighted by Crippen LogP contribution is -2.14. The zero-order chi connectivity index (χ0) is 20.8. The molecule has 1 amide bonds. The Kier molecular flexibility index (Phi) is 6.09. The minimum Gasteiger partial charge on any atom is -0.497 e. The van der Waals surface area contributed by atoms with E-state index in [-0.39, 0.29) is 11.7 Å². The van der Waals surface area contributed by atoms with Crippen molar-refractivity contribution >= 4 is 23.4 Å². The zero-order valence-corrected chi connectivity index (χ0v) is 17.0. The maximum absolute atomic E-state index is 12.4. The van der Waals surface area contributed by atoms with Crippen molar-refractivity contribution in [3.63, 3.8) is 0 Å². The molecule has 0 spiro atoms. The fourth-order valence-corrected chi connectivity index (χ4v) is 3.57. The number of nitrogens with zero attached hydrogens (tertiary/aromatic N) is 4. The molecule has 0 saturated heterocycles. The molecular weight excluding hydrogens is 402 g/mol. The summed E-state index contributed by atoms with van der Waals surface area (Å²) < 4.78 is 12.6. The van der Waals surface area contributed by atoms with Gasteiger partial charge in [0.05, 0.1) is 25.7 Å². The van der Waals surface area contributed by atoms with Gasteiger partial charge in [-0.2, -0.15) is 0 Å². The predicted octanol–water partition coefficient (Wildman–Crippen LogP) is 3.72. The Balaban J connectivity index is 1.50. The Morgan fingerprint density at radius 2 is 2.13 bits per heavy atom. The molecular formula is C21H19N5O3S. The lowest BCUT2D eigenvalue weighted by molar-refractivity contribution is -0.113. The quantitative estimate of drug-likeness (QED) is 0.433. The van der Waals surface area contributed by atoms with Gasteiger partial charge in [-0.1, -0.05) is 17.8 Å². The number of hydrogen-bond acceptors (Lipinski definition) is 7. The fraction of sp³-hybridized carbons (Fsp3) is 0.143. The monoisotopic (exact) mass is 421 g/mol. The number of hydrogen-bond donors (Lipinski definition) is 1. The number of carbonyl (C=O) groups excluding carboxylic acids is 1. The van der Waals surface area contributed by atoms with Crippen LogP contribution >= 0.6 is 11.8 Å². The van der Waals surface area contributed by atoms with Crippen molar-refractivity contribution in [1.29, 1.82) is 0 Å². The lowest BCUT2D eigenvalue weighted by atomic mass is 10.2. The highest BCUT2D eigenvalue weighted by molar-refractivity contribution is 7.99. The fourth-order valence-electron chi connectivity index (χ4n) is 2.83. The first kappa shape index (κ1) is 19.7. The second-order valence-corrected chi connectivity index (χ2v) is 7.22. The molecule has 0 atom stereocenters. The number of furan rings is 1. The van der Waals surface area contributed by atoms with Crippen LogP contribution in [0.1, 0.15) is 5.76 Å². The number of benzene rings is 1. The number of rotatable bonds is 8. The molecule has 0 saturated carbocycles. The Morgan fingerprint density at radius 3 is 2.90 bits per heavy atom. The second-order valence-electron chi connectivity index (χ2n) is 6.28. The Hall–Kier alpha value is -3.59. The summed E-state index contributed by atoms with van der Waals surface area (Å²) in [4.78, 5) is 16.6. The predicted molar refractivity (Wildman–Crippen MR) is 113 cm³/mol. The highest BCUT2D eigenvalue weighted by Crippen LogP contribution is 2.25. The van der Waals surface area contributed by atoms with Crippen molar-refractivity contribution in [2.24, 2.45) is 0 Å². The molecule has 9 heteroatoms. The van der Waals surface area contributed by atoms with Crippen LogP contribution in [0, 0.1) is 0 Å². The van der Waals surface area contributed by atoms with Gasteiger partial charge in [-0.15, -0.1) is 10.2 Å². The van der Waals surface area contributed by atoms with Crippen LogP contribution in [0.25, 0.3) is 11.4 Å². The number of pyridine rings is 1. The van der Waals surface area contributed by atoms with Gasteiger partial charge in [-0.25, -0.2) is 0 Å². The van der Waals surface area contributed by atoms with E-state index in [4.69, 9.17) is 9.15 Å². The zero-order valence-electron chi connectivity index (χ0n) is 16.2. The van der Waals surface area contributed by atoms with Gasteiger partial charge in [-0.3, -0.25) is 14.3 Å². The molecule has 0 radical (unpaired) electrons. The van der Waals surface area contributed by atoms with Crippen molar-refractivity contribution in [2.75, 3.05) is 18.2 Å². The Labute approximate surface area is 177 Å². The summed E-state index contributed by atoms with van der Waals surface area (Å²) in [6.07, 6.45) is 5.06. The molecule has 0 fully saturated rings. The maximum atomic E-state index is 12.4. The molecule has 0 aliphatic heterocycles. The molecule has 1 N–H and O–H groups in total. The van der Waals surface area contributed by atoms with Crippen LogP contribution < -0.4 is 10.1 Å². The second kappa shape index (κ2) is 9.27. The van der Waals surface area contributed by atoms with E-state index in [0.29, 0.717) is 29.0 Å². The van der Waals surface area contributed by atoms with Crippen LogP contribution in [0.3, 0.4) is 0 Å². The average Bonchev–Trinajstić information content (AvgIpc) is 3.43. The van der Waals surface area contributed by atoms with Gasteiger partial charge in [0.1, 0.15) is 11.5 Å². The largest absolute Gasteiger partial charge is 0.497 e. The van der Waals surface area contributed by atoms with Gasteiger partial charge in [0.2, 0.25) is 5.91 Å². The number of methoxy groups -OCH3 is 1. The van der Waals surface area contributed by atoms with Gasteiger partial charge in [-0.05, 0) is 36.4 Å². The highest BCUT2D eigenvalue weighted by Gasteiger charge is 2.17. The smallest absolute Gasteiger partial charge is 0.234 e. The summed E-state index contributed by atoms with van der Waals surface area (Å²) in [6, 6.07) is 14.7. The van der Waals surface area contributed by atoms with Crippen LogP contribution in [0.2, 0.25) is 0 Å². The van der Waals surface area contributed by atoms with Gasteiger partial charge in [0.25, 0.3) is 0 Å². The molecule has 4 rings (SSSR count). The molecule has 8 nitrogen and oxygen atoms in total. The van der Waals surface area contributed by atoms with E-state index in [0.717, 1.165) is 11.3 Å². The molecule has 3 heterocycles. The first-order valence-corrected chi connectivity index (χ1v) is 10.1. The van der Waals surface area contributed by atoms with Crippen molar-refractivity contribution in [2.45, 2.75) is 11.7 Å². The third-order valence-electron chi connectivity index (χ3n) is 4.22. The first-order chi connectivity index (χ1) is 14.7. The molecule has 4 aromatic rings. The van der Waals surface area contributed by atoms with Crippen molar-refractivity contribution in [3.8, 4) is 17.1 Å². The summed E-state index contributed by atoms with van der Waals surface area (Å²) in [5, 5.41) is 12.1. The number of nitrogens with one attached hydrogen (secondary N) is 1. The van der Waals surface area contributed by atoms with Crippen LogP contribution in [0.4, 0.5) is 5.69 Å². The lowest BCUT2D eigenvalue weighted by Gasteiger charge is -2.09. The van der Waals surface area contributed by atoms with Crippen LogP contribution in [-0.2, 0) is 11.3 Å². The summed E-state index contributed by atoms with van der Waals surface area (Å²) in [7, 11) is 1.59.